The minimum absolute atomic E-state index is 0.719. The Morgan fingerprint density at radius 2 is 1.73 bits per heavy atom. The number of hydrogen-bond donors (Lipinski definition) is 2. The summed E-state index contributed by atoms with van der Waals surface area (Å²) in [6.07, 6.45) is 7.78. The van der Waals surface area contributed by atoms with Crippen molar-refractivity contribution in [2.75, 3.05) is 5.73 Å². The number of rotatable bonds is 3. The van der Waals surface area contributed by atoms with E-state index in [-0.39, 0.29) is 0 Å². The molecule has 0 aliphatic rings. The fraction of sp³-hybridized carbons (Fsp3) is 0. The predicted octanol–water partition coefficient (Wildman–Crippen LogP) is 4.39. The van der Waals surface area contributed by atoms with E-state index in [9.17, 15) is 0 Å². The summed E-state index contributed by atoms with van der Waals surface area (Å²) in [4.78, 5) is 7.82. The van der Waals surface area contributed by atoms with Gasteiger partial charge in [0.25, 0.3) is 0 Å². The number of hydrogen-bond acceptors (Lipinski definition) is 2. The lowest BCUT2D eigenvalue weighted by Crippen LogP contribution is -1.98. The van der Waals surface area contributed by atoms with E-state index in [2.05, 4.69) is 44.9 Å². The average Bonchev–Trinajstić information content (AvgIpc) is 3.41. The van der Waals surface area contributed by atoms with Crippen LogP contribution in [0.5, 0.6) is 0 Å². The molecule has 126 valence electrons. The second-order valence-corrected chi connectivity index (χ2v) is 6.27. The molecule has 3 N–H and O–H groups in total. The van der Waals surface area contributed by atoms with Crippen molar-refractivity contribution >= 4 is 16.7 Å². The van der Waals surface area contributed by atoms with Crippen molar-refractivity contribution in [1.29, 1.82) is 0 Å². The van der Waals surface area contributed by atoms with Crippen LogP contribution in [0.4, 0.5) is 5.69 Å². The Bertz CT molecular complexity index is 1180. The van der Waals surface area contributed by atoms with Crippen LogP contribution in [0.1, 0.15) is 0 Å². The van der Waals surface area contributed by atoms with Crippen molar-refractivity contribution in [3.63, 3.8) is 0 Å². The van der Waals surface area contributed by atoms with Crippen LogP contribution in [-0.2, 0) is 0 Å². The summed E-state index contributed by atoms with van der Waals surface area (Å²) in [6, 6.07) is 20.4. The molecule has 5 aromatic rings. The lowest BCUT2D eigenvalue weighted by Gasteiger charge is -2.10. The number of imidazole rings is 1. The van der Waals surface area contributed by atoms with Crippen molar-refractivity contribution in [2.45, 2.75) is 0 Å². The number of fused-ring (bicyclic) bond motifs is 1. The van der Waals surface area contributed by atoms with Crippen molar-refractivity contribution in [3.05, 3.63) is 85.6 Å². The van der Waals surface area contributed by atoms with Gasteiger partial charge in [-0.05, 0) is 54.6 Å². The van der Waals surface area contributed by atoms with Crippen LogP contribution < -0.4 is 5.73 Å². The van der Waals surface area contributed by atoms with Crippen LogP contribution in [0.2, 0.25) is 0 Å². The average molecular weight is 339 g/mol. The molecule has 5 rings (SSSR count). The molecule has 5 heteroatoms. The van der Waals surface area contributed by atoms with Crippen LogP contribution >= 0.6 is 0 Å². The zero-order valence-corrected chi connectivity index (χ0v) is 14.0. The van der Waals surface area contributed by atoms with E-state index >= 15 is 0 Å². The third-order valence-electron chi connectivity index (χ3n) is 4.56. The second-order valence-electron chi connectivity index (χ2n) is 6.27. The summed E-state index contributed by atoms with van der Waals surface area (Å²) in [6.45, 7) is 0. The first kappa shape index (κ1) is 14.6. The molecule has 3 heterocycles. The molecule has 0 saturated heterocycles. The zero-order chi connectivity index (χ0) is 17.5. The maximum Gasteiger partial charge on any atom is 0.100 e. The topological polar surface area (TPSA) is 64.6 Å². The van der Waals surface area contributed by atoms with Crippen molar-refractivity contribution in [3.8, 4) is 22.6 Å². The fourth-order valence-electron chi connectivity index (χ4n) is 3.31. The second kappa shape index (κ2) is 5.67. The number of H-pyrrole nitrogens is 1. The van der Waals surface area contributed by atoms with Crippen LogP contribution in [0.25, 0.3) is 33.7 Å². The van der Waals surface area contributed by atoms with E-state index in [4.69, 9.17) is 5.73 Å². The number of nitrogens with zero attached hydrogens (tertiary/aromatic N) is 3. The molecule has 0 amide bonds. The summed E-state index contributed by atoms with van der Waals surface area (Å²) >= 11 is 0. The molecule has 0 radical (unpaired) electrons. The summed E-state index contributed by atoms with van der Waals surface area (Å²) in [5.74, 6) is 0. The molecular formula is C21H17N5. The minimum atomic E-state index is 0.719. The van der Waals surface area contributed by atoms with E-state index in [0.29, 0.717) is 0 Å². The Kier molecular flexibility index (Phi) is 3.18. The van der Waals surface area contributed by atoms with Gasteiger partial charge in [0.15, 0.2) is 0 Å². The molecule has 0 spiro atoms. The van der Waals surface area contributed by atoms with Gasteiger partial charge in [0.05, 0.1) is 16.7 Å². The first-order chi connectivity index (χ1) is 12.8. The van der Waals surface area contributed by atoms with Gasteiger partial charge in [0.1, 0.15) is 6.33 Å². The molecule has 3 aromatic heterocycles. The SMILES string of the molecule is Nc1cc(-n2cccc2)cc(-n2cnc3cc(-c4ccc[nH]4)ccc32)c1. The smallest absolute Gasteiger partial charge is 0.100 e. The highest BCUT2D eigenvalue weighted by molar-refractivity contribution is 5.83. The molecule has 0 aliphatic carbocycles. The van der Waals surface area contributed by atoms with Gasteiger partial charge in [-0.1, -0.05) is 6.07 Å². The molecule has 0 saturated carbocycles. The Morgan fingerprint density at radius 1 is 0.885 bits per heavy atom. The Morgan fingerprint density at radius 3 is 2.54 bits per heavy atom. The monoisotopic (exact) mass is 339 g/mol. The van der Waals surface area contributed by atoms with Gasteiger partial charge in [-0.25, -0.2) is 4.98 Å². The number of nitrogens with one attached hydrogen (secondary N) is 1. The van der Waals surface area contributed by atoms with Crippen LogP contribution in [-0.4, -0.2) is 19.1 Å². The highest BCUT2D eigenvalue weighted by Crippen LogP contribution is 2.26. The van der Waals surface area contributed by atoms with E-state index in [1.807, 2.05) is 59.8 Å². The van der Waals surface area contributed by atoms with E-state index < -0.39 is 0 Å². The number of nitrogen functional groups attached to an aromatic ring is 1. The van der Waals surface area contributed by atoms with Crippen LogP contribution in [0.3, 0.4) is 0 Å². The number of aromatic amines is 1. The normalized spacial score (nSPS) is 11.2. The highest BCUT2D eigenvalue weighted by Gasteiger charge is 2.09. The first-order valence-electron chi connectivity index (χ1n) is 8.43. The standard InChI is InChI=1S/C21H17N5/c22-16-11-17(25-8-1-2-9-25)13-18(12-16)26-14-24-20-10-15(5-6-21(20)26)19-4-3-7-23-19/h1-14,23H,22H2. The molecule has 0 fully saturated rings. The Labute approximate surface area is 150 Å². The lowest BCUT2D eigenvalue weighted by atomic mass is 10.1. The minimum Gasteiger partial charge on any atom is -0.399 e. The summed E-state index contributed by atoms with van der Waals surface area (Å²) < 4.78 is 4.11. The van der Waals surface area contributed by atoms with Gasteiger partial charge in [0.2, 0.25) is 0 Å². The lowest BCUT2D eigenvalue weighted by molar-refractivity contribution is 1.05. The maximum absolute atomic E-state index is 6.15. The summed E-state index contributed by atoms with van der Waals surface area (Å²) in [7, 11) is 0. The van der Waals surface area contributed by atoms with Gasteiger partial charge in [-0.15, -0.1) is 0 Å². The molecule has 0 atom stereocenters. The van der Waals surface area contributed by atoms with Crippen LogP contribution in [0, 0.1) is 0 Å². The molecule has 2 aromatic carbocycles. The number of benzene rings is 2. The number of aromatic nitrogens is 4. The van der Waals surface area contributed by atoms with Gasteiger partial charge >= 0.3 is 0 Å². The largest absolute Gasteiger partial charge is 0.399 e. The Balaban J connectivity index is 1.63. The highest BCUT2D eigenvalue weighted by atomic mass is 15.1. The third kappa shape index (κ3) is 2.38. The van der Waals surface area contributed by atoms with Crippen molar-refractivity contribution in [2.24, 2.45) is 0 Å². The predicted molar refractivity (Wildman–Crippen MR) is 105 cm³/mol. The molecule has 26 heavy (non-hydrogen) atoms. The fourth-order valence-corrected chi connectivity index (χ4v) is 3.31. The van der Waals surface area contributed by atoms with Gasteiger partial charge in [-0.2, -0.15) is 0 Å². The first-order valence-corrected chi connectivity index (χ1v) is 8.43. The molecule has 0 bridgehead atoms. The molecule has 0 aliphatic heterocycles. The summed E-state index contributed by atoms with van der Waals surface area (Å²) in [5, 5.41) is 0. The van der Waals surface area contributed by atoms with Crippen molar-refractivity contribution in [1.82, 2.24) is 19.1 Å². The third-order valence-corrected chi connectivity index (χ3v) is 4.56. The molecule has 0 unspecified atom stereocenters. The molecule has 5 nitrogen and oxygen atoms in total. The van der Waals surface area contributed by atoms with Crippen molar-refractivity contribution < 1.29 is 0 Å². The number of nitrogens with two attached hydrogens (primary N) is 1. The molecular weight excluding hydrogens is 322 g/mol. The van der Waals surface area contributed by atoms with E-state index in [0.717, 1.165) is 39.4 Å². The summed E-state index contributed by atoms with van der Waals surface area (Å²) in [5.41, 5.74) is 13.1. The zero-order valence-electron chi connectivity index (χ0n) is 14.0. The van der Waals surface area contributed by atoms with Crippen LogP contribution in [0.15, 0.2) is 85.6 Å². The quantitative estimate of drug-likeness (QED) is 0.479. The Hall–Kier alpha value is -3.73. The number of anilines is 1. The maximum atomic E-state index is 6.15. The van der Waals surface area contributed by atoms with Gasteiger partial charge in [0, 0.05) is 41.2 Å². The van der Waals surface area contributed by atoms with Gasteiger partial charge < -0.3 is 15.3 Å². The van der Waals surface area contributed by atoms with E-state index in [1.54, 1.807) is 0 Å². The van der Waals surface area contributed by atoms with E-state index in [1.165, 1.54) is 0 Å². The van der Waals surface area contributed by atoms with Gasteiger partial charge in [-0.3, -0.25) is 4.57 Å².